The van der Waals surface area contributed by atoms with Gasteiger partial charge in [-0.25, -0.2) is 0 Å². The fraction of sp³-hybridized carbons (Fsp3) is 0.600. The lowest BCUT2D eigenvalue weighted by atomic mass is 9.78. The van der Waals surface area contributed by atoms with Crippen LogP contribution < -0.4 is 11.1 Å². The first-order valence-electron chi connectivity index (χ1n) is 9.56. The maximum Gasteiger partial charge on any atom is 0.532 e. The zero-order valence-electron chi connectivity index (χ0n) is 17.5. The molecule has 0 aliphatic carbocycles. The molecular weight excluding hydrogens is 342 g/mol. The Balaban J connectivity index is 1.62. The molecule has 5 nitrogen and oxygen atoms in total. The highest BCUT2D eigenvalue weighted by atomic mass is 16.7. The van der Waals surface area contributed by atoms with Crippen molar-refractivity contribution in [2.45, 2.75) is 77.8 Å². The van der Waals surface area contributed by atoms with Crippen molar-refractivity contribution in [2.24, 2.45) is 0 Å². The summed E-state index contributed by atoms with van der Waals surface area (Å²) < 4.78 is 30.5. The van der Waals surface area contributed by atoms with Crippen molar-refractivity contribution in [3.8, 4) is 0 Å². The molecule has 0 radical (unpaired) electrons. The summed E-state index contributed by atoms with van der Waals surface area (Å²) in [6, 6.07) is 7.97. The highest BCUT2D eigenvalue weighted by Crippen LogP contribution is 2.38. The van der Waals surface area contributed by atoms with E-state index in [1.165, 1.54) is 0 Å². The lowest BCUT2D eigenvalue weighted by molar-refractivity contribution is 0.00578. The summed E-state index contributed by atoms with van der Waals surface area (Å²) in [4.78, 5) is 0. The van der Waals surface area contributed by atoms with Crippen molar-refractivity contribution in [1.29, 1.82) is 0 Å². The summed E-state index contributed by atoms with van der Waals surface area (Å²) in [5, 5.41) is 0.979. The average Bonchev–Trinajstić information content (AvgIpc) is 3.10. The first kappa shape index (κ1) is 19.1. The van der Waals surface area contributed by atoms with Crippen molar-refractivity contribution in [3.05, 3.63) is 24.3 Å². The Morgan fingerprint density at radius 3 is 1.63 bits per heavy atom. The minimum Gasteiger partial charge on any atom is -0.465 e. The van der Waals surface area contributed by atoms with Crippen molar-refractivity contribution < 1.29 is 23.0 Å². The van der Waals surface area contributed by atoms with Gasteiger partial charge in [0, 0.05) is 5.39 Å². The number of rotatable bonds is 2. The van der Waals surface area contributed by atoms with Gasteiger partial charge in [0.1, 0.15) is 11.2 Å². The van der Waals surface area contributed by atoms with E-state index in [1.54, 1.807) is 0 Å². The molecule has 2 aromatic rings. The topological polar surface area (TPSA) is 50.1 Å². The molecule has 2 aliphatic rings. The highest BCUT2D eigenvalue weighted by molar-refractivity contribution is 6.63. The van der Waals surface area contributed by atoms with E-state index in [-0.39, 0.29) is 11.2 Å². The minimum atomic E-state index is -0.511. The molecule has 0 unspecified atom stereocenters. The van der Waals surface area contributed by atoms with Gasteiger partial charge < -0.3 is 23.0 Å². The maximum atomic E-state index is 6.16. The summed E-state index contributed by atoms with van der Waals surface area (Å²) in [5.41, 5.74) is 0.917. The van der Waals surface area contributed by atoms with Crippen LogP contribution in [0.3, 0.4) is 0 Å². The van der Waals surface area contributed by atoms with Gasteiger partial charge in [-0.1, -0.05) is 12.1 Å². The second-order valence-electron chi connectivity index (χ2n) is 9.62. The average molecular weight is 370 g/mol. The van der Waals surface area contributed by atoms with Crippen molar-refractivity contribution in [1.82, 2.24) is 0 Å². The Morgan fingerprint density at radius 1 is 0.630 bits per heavy atom. The van der Waals surface area contributed by atoms with Crippen LogP contribution in [0.25, 0.3) is 11.0 Å². The van der Waals surface area contributed by atoms with Gasteiger partial charge in [0.05, 0.1) is 22.4 Å². The quantitative estimate of drug-likeness (QED) is 0.761. The number of hydrogen-bond acceptors (Lipinski definition) is 5. The molecule has 0 N–H and O–H groups in total. The van der Waals surface area contributed by atoms with E-state index in [1.807, 2.05) is 45.9 Å². The van der Waals surface area contributed by atoms with E-state index in [9.17, 15) is 0 Å². The molecule has 0 spiro atoms. The largest absolute Gasteiger partial charge is 0.532 e. The second-order valence-corrected chi connectivity index (χ2v) is 9.62. The second kappa shape index (κ2) is 5.63. The SMILES string of the molecule is CC1(C)OB(c2ccc3oc(B4OC(C)(C)C(C)(C)O4)cc3c2)OC1(C)C. The molecule has 0 bridgehead atoms. The molecule has 3 heterocycles. The first-order valence-corrected chi connectivity index (χ1v) is 9.56. The van der Waals surface area contributed by atoms with Crippen LogP contribution in [0.1, 0.15) is 55.4 Å². The molecule has 0 amide bonds. The van der Waals surface area contributed by atoms with Crippen molar-refractivity contribution >= 4 is 36.3 Å². The zero-order chi connectivity index (χ0) is 19.8. The van der Waals surface area contributed by atoms with Gasteiger partial charge in [0.25, 0.3) is 0 Å². The van der Waals surface area contributed by atoms with E-state index in [0.29, 0.717) is 5.66 Å². The molecular formula is C20H28B2O5. The van der Waals surface area contributed by atoms with E-state index >= 15 is 0 Å². The fourth-order valence-corrected chi connectivity index (χ4v) is 3.28. The van der Waals surface area contributed by atoms with Gasteiger partial charge in [-0.05, 0) is 73.0 Å². The van der Waals surface area contributed by atoms with Crippen molar-refractivity contribution in [2.75, 3.05) is 0 Å². The molecule has 1 aromatic carbocycles. The van der Waals surface area contributed by atoms with Crippen LogP contribution in [-0.4, -0.2) is 36.6 Å². The Labute approximate surface area is 162 Å². The van der Waals surface area contributed by atoms with Crippen molar-refractivity contribution in [3.63, 3.8) is 0 Å². The van der Waals surface area contributed by atoms with Gasteiger partial charge in [-0.15, -0.1) is 0 Å². The predicted octanol–water partition coefficient (Wildman–Crippen LogP) is 3.03. The third-order valence-electron chi connectivity index (χ3n) is 6.57. The molecule has 7 heteroatoms. The van der Waals surface area contributed by atoms with Crippen LogP contribution in [0.4, 0.5) is 0 Å². The maximum absolute atomic E-state index is 6.16. The summed E-state index contributed by atoms with van der Waals surface area (Å²) in [6.07, 6.45) is 0. The Hall–Kier alpha value is -1.27. The molecule has 0 atom stereocenters. The first-order chi connectivity index (χ1) is 12.3. The summed E-state index contributed by atoms with van der Waals surface area (Å²) >= 11 is 0. The van der Waals surface area contributed by atoms with Crippen LogP contribution in [-0.2, 0) is 18.6 Å². The predicted molar refractivity (Wildman–Crippen MR) is 108 cm³/mol. The molecule has 2 aliphatic heterocycles. The molecule has 4 rings (SSSR count). The molecule has 0 saturated carbocycles. The molecule has 27 heavy (non-hydrogen) atoms. The van der Waals surface area contributed by atoms with Crippen LogP contribution >= 0.6 is 0 Å². The van der Waals surface area contributed by atoms with Gasteiger partial charge >= 0.3 is 14.2 Å². The van der Waals surface area contributed by atoms with Gasteiger partial charge in [0.2, 0.25) is 0 Å². The zero-order valence-corrected chi connectivity index (χ0v) is 17.5. The molecule has 2 saturated heterocycles. The van der Waals surface area contributed by atoms with Gasteiger partial charge in [-0.3, -0.25) is 0 Å². The Bertz CT molecular complexity index is 818. The molecule has 2 fully saturated rings. The minimum absolute atomic E-state index is 0.364. The van der Waals surface area contributed by atoms with Crippen LogP contribution in [0.2, 0.25) is 0 Å². The summed E-state index contributed by atoms with van der Waals surface area (Å²) in [5.74, 6) is 0. The monoisotopic (exact) mass is 370 g/mol. The van der Waals surface area contributed by atoms with Crippen LogP contribution in [0.15, 0.2) is 28.7 Å². The van der Waals surface area contributed by atoms with Crippen LogP contribution in [0, 0.1) is 0 Å². The Morgan fingerprint density at radius 2 is 1.11 bits per heavy atom. The van der Waals surface area contributed by atoms with E-state index in [4.69, 9.17) is 23.0 Å². The highest BCUT2D eigenvalue weighted by Gasteiger charge is 2.53. The third-order valence-corrected chi connectivity index (χ3v) is 6.57. The summed E-state index contributed by atoms with van der Waals surface area (Å²) in [7, 11) is -0.905. The molecule has 1 aromatic heterocycles. The standard InChI is InChI=1S/C20H28B2O5/c1-17(2)18(3,4)25-21(24-17)14-9-10-15-13(11-14)12-16(23-15)22-26-19(5,6)20(7,8)27-22/h9-12H,1-8H3. The third kappa shape index (κ3) is 2.96. The van der Waals surface area contributed by atoms with E-state index in [0.717, 1.165) is 16.4 Å². The normalized spacial score (nSPS) is 25.5. The fourth-order valence-electron chi connectivity index (χ4n) is 3.28. The van der Waals surface area contributed by atoms with Gasteiger partial charge in [-0.2, -0.15) is 0 Å². The number of hydrogen-bond donors (Lipinski definition) is 0. The lowest BCUT2D eigenvalue weighted by Gasteiger charge is -2.32. The molecule has 144 valence electrons. The number of benzene rings is 1. The van der Waals surface area contributed by atoms with E-state index < -0.39 is 25.4 Å². The van der Waals surface area contributed by atoms with E-state index in [2.05, 4.69) is 33.8 Å². The Kier molecular flexibility index (Phi) is 3.98. The smallest absolute Gasteiger partial charge is 0.465 e. The van der Waals surface area contributed by atoms with Crippen LogP contribution in [0.5, 0.6) is 0 Å². The van der Waals surface area contributed by atoms with Gasteiger partial charge in [0.15, 0.2) is 0 Å². The summed E-state index contributed by atoms with van der Waals surface area (Å²) in [6.45, 7) is 16.4. The number of fused-ring (bicyclic) bond motifs is 1. The number of furan rings is 1. The lowest BCUT2D eigenvalue weighted by Crippen LogP contribution is -2.41.